The van der Waals surface area contributed by atoms with Crippen LogP contribution >= 0.6 is 0 Å². The van der Waals surface area contributed by atoms with Crippen molar-refractivity contribution in [1.29, 1.82) is 0 Å². The number of hydrogen-bond donors (Lipinski definition) is 1. The molecule has 1 aromatic rings. The zero-order valence-corrected chi connectivity index (χ0v) is 13.4. The number of anilines is 2. The minimum Gasteiger partial charge on any atom is -0.379 e. The summed E-state index contributed by atoms with van der Waals surface area (Å²) in [5, 5.41) is 11.5. The molecule has 1 unspecified atom stereocenters. The van der Waals surface area contributed by atoms with E-state index in [0.717, 1.165) is 64.2 Å². The van der Waals surface area contributed by atoms with Crippen molar-refractivity contribution >= 4 is 11.8 Å². The molecule has 0 saturated carbocycles. The summed E-state index contributed by atoms with van der Waals surface area (Å²) in [4.78, 5) is 9.32. The van der Waals surface area contributed by atoms with Crippen molar-refractivity contribution in [2.24, 2.45) is 5.92 Å². The van der Waals surface area contributed by atoms with Crippen molar-refractivity contribution < 1.29 is 4.74 Å². The first kappa shape index (κ1) is 15.4. The van der Waals surface area contributed by atoms with E-state index in [2.05, 4.69) is 37.2 Å². The molecule has 0 bridgehead atoms. The summed E-state index contributed by atoms with van der Waals surface area (Å²) in [6, 6.07) is 0. The monoisotopic (exact) mass is 306 g/mol. The molecule has 0 aromatic carbocycles. The Bertz CT molecular complexity index is 465. The van der Waals surface area contributed by atoms with Gasteiger partial charge in [-0.3, -0.25) is 4.90 Å². The quantitative estimate of drug-likeness (QED) is 0.865. The molecule has 2 aliphatic heterocycles. The van der Waals surface area contributed by atoms with Crippen LogP contribution in [0.25, 0.3) is 0 Å². The Labute approximate surface area is 132 Å². The van der Waals surface area contributed by atoms with Gasteiger partial charge in [-0.05, 0) is 18.8 Å². The van der Waals surface area contributed by atoms with Crippen LogP contribution in [0.15, 0.2) is 6.20 Å². The molecule has 0 radical (unpaired) electrons. The fourth-order valence-electron chi connectivity index (χ4n) is 3.07. The summed E-state index contributed by atoms with van der Waals surface area (Å²) >= 11 is 0. The van der Waals surface area contributed by atoms with Crippen molar-refractivity contribution in [2.45, 2.75) is 19.8 Å². The van der Waals surface area contributed by atoms with E-state index in [1.807, 2.05) is 0 Å². The average Bonchev–Trinajstić information content (AvgIpc) is 2.56. The molecule has 0 aliphatic carbocycles. The molecule has 2 aliphatic rings. The third kappa shape index (κ3) is 4.27. The summed E-state index contributed by atoms with van der Waals surface area (Å²) in [7, 11) is 0. The minimum atomic E-state index is 0.629. The SMILES string of the molecule is CC1CCCN(c2cnnc(NCCN3CCOCC3)n2)C1. The molecule has 3 rings (SSSR count). The van der Waals surface area contributed by atoms with Gasteiger partial charge in [-0.1, -0.05) is 6.92 Å². The van der Waals surface area contributed by atoms with E-state index >= 15 is 0 Å². The lowest BCUT2D eigenvalue weighted by molar-refractivity contribution is 0.0398. The molecule has 7 nitrogen and oxygen atoms in total. The second kappa shape index (κ2) is 7.69. The Morgan fingerprint density at radius 3 is 3.00 bits per heavy atom. The molecule has 1 aromatic heterocycles. The average molecular weight is 306 g/mol. The van der Waals surface area contributed by atoms with Crippen LogP contribution in [0.4, 0.5) is 11.8 Å². The summed E-state index contributed by atoms with van der Waals surface area (Å²) in [5.41, 5.74) is 0. The lowest BCUT2D eigenvalue weighted by atomic mass is 10.0. The number of ether oxygens (including phenoxy) is 1. The predicted molar refractivity (Wildman–Crippen MR) is 86.2 cm³/mol. The second-order valence-corrected chi connectivity index (χ2v) is 6.21. The number of aromatic nitrogens is 3. The van der Waals surface area contributed by atoms with Gasteiger partial charge in [0.25, 0.3) is 0 Å². The van der Waals surface area contributed by atoms with Gasteiger partial charge in [0.15, 0.2) is 5.82 Å². The second-order valence-electron chi connectivity index (χ2n) is 6.21. The Hall–Kier alpha value is -1.47. The van der Waals surface area contributed by atoms with E-state index in [1.54, 1.807) is 6.20 Å². The molecular formula is C15H26N6O. The van der Waals surface area contributed by atoms with Crippen LogP contribution in [0.2, 0.25) is 0 Å². The Balaban J connectivity index is 1.50. The van der Waals surface area contributed by atoms with E-state index in [1.165, 1.54) is 12.8 Å². The number of piperidine rings is 1. The highest BCUT2D eigenvalue weighted by atomic mass is 16.5. The van der Waals surface area contributed by atoms with E-state index < -0.39 is 0 Å². The Morgan fingerprint density at radius 2 is 2.18 bits per heavy atom. The number of hydrogen-bond acceptors (Lipinski definition) is 7. The van der Waals surface area contributed by atoms with Gasteiger partial charge in [-0.2, -0.15) is 10.1 Å². The van der Waals surface area contributed by atoms with Gasteiger partial charge in [-0.25, -0.2) is 0 Å². The zero-order chi connectivity index (χ0) is 15.2. The van der Waals surface area contributed by atoms with Crippen molar-refractivity contribution in [3.63, 3.8) is 0 Å². The maximum absolute atomic E-state index is 5.35. The summed E-state index contributed by atoms with van der Waals surface area (Å²) in [6.45, 7) is 9.92. The van der Waals surface area contributed by atoms with E-state index in [4.69, 9.17) is 4.74 Å². The van der Waals surface area contributed by atoms with Gasteiger partial charge >= 0.3 is 0 Å². The van der Waals surface area contributed by atoms with E-state index in [0.29, 0.717) is 5.95 Å². The molecular weight excluding hydrogens is 280 g/mol. The van der Waals surface area contributed by atoms with Crippen LogP contribution in [-0.4, -0.2) is 72.6 Å². The van der Waals surface area contributed by atoms with E-state index in [-0.39, 0.29) is 0 Å². The minimum absolute atomic E-state index is 0.629. The third-order valence-electron chi connectivity index (χ3n) is 4.34. The lowest BCUT2D eigenvalue weighted by Crippen LogP contribution is -2.39. The highest BCUT2D eigenvalue weighted by molar-refractivity contribution is 5.40. The molecule has 3 heterocycles. The first-order chi connectivity index (χ1) is 10.8. The molecule has 22 heavy (non-hydrogen) atoms. The molecule has 122 valence electrons. The maximum atomic E-state index is 5.35. The number of nitrogens with one attached hydrogen (secondary N) is 1. The number of morpholine rings is 1. The molecule has 1 N–H and O–H groups in total. The summed E-state index contributed by atoms with van der Waals surface area (Å²) in [6.07, 6.45) is 4.30. The zero-order valence-electron chi connectivity index (χ0n) is 13.4. The van der Waals surface area contributed by atoms with Gasteiger partial charge in [0.2, 0.25) is 5.95 Å². The van der Waals surface area contributed by atoms with Crippen LogP contribution in [0.5, 0.6) is 0 Å². The van der Waals surface area contributed by atoms with Gasteiger partial charge in [-0.15, -0.1) is 5.10 Å². The number of nitrogens with zero attached hydrogens (tertiary/aromatic N) is 5. The number of rotatable bonds is 5. The first-order valence-corrected chi connectivity index (χ1v) is 8.30. The molecule has 0 amide bonds. The van der Waals surface area contributed by atoms with Gasteiger partial charge in [0, 0.05) is 39.3 Å². The Kier molecular flexibility index (Phi) is 5.39. The fraction of sp³-hybridized carbons (Fsp3) is 0.800. The molecule has 0 spiro atoms. The summed E-state index contributed by atoms with van der Waals surface area (Å²) in [5.74, 6) is 2.29. The van der Waals surface area contributed by atoms with Crippen LogP contribution in [0.3, 0.4) is 0 Å². The Morgan fingerprint density at radius 1 is 1.32 bits per heavy atom. The molecule has 7 heteroatoms. The molecule has 2 saturated heterocycles. The molecule has 2 fully saturated rings. The van der Waals surface area contributed by atoms with Crippen LogP contribution in [0.1, 0.15) is 19.8 Å². The maximum Gasteiger partial charge on any atom is 0.244 e. The topological polar surface area (TPSA) is 66.4 Å². The van der Waals surface area contributed by atoms with Crippen LogP contribution in [-0.2, 0) is 4.74 Å². The van der Waals surface area contributed by atoms with Gasteiger partial charge in [0.1, 0.15) is 0 Å². The molecule has 1 atom stereocenters. The highest BCUT2D eigenvalue weighted by Crippen LogP contribution is 2.20. The fourth-order valence-corrected chi connectivity index (χ4v) is 3.07. The predicted octanol–water partition coefficient (Wildman–Crippen LogP) is 0.852. The van der Waals surface area contributed by atoms with Crippen LogP contribution < -0.4 is 10.2 Å². The van der Waals surface area contributed by atoms with Crippen molar-refractivity contribution in [1.82, 2.24) is 20.1 Å². The van der Waals surface area contributed by atoms with Crippen LogP contribution in [0, 0.1) is 5.92 Å². The summed E-state index contributed by atoms with van der Waals surface area (Å²) < 4.78 is 5.35. The normalized spacial score (nSPS) is 23.5. The largest absolute Gasteiger partial charge is 0.379 e. The van der Waals surface area contributed by atoms with Crippen molar-refractivity contribution in [3.8, 4) is 0 Å². The van der Waals surface area contributed by atoms with Crippen molar-refractivity contribution in [2.75, 3.05) is 62.7 Å². The van der Waals surface area contributed by atoms with Gasteiger partial charge < -0.3 is 15.0 Å². The van der Waals surface area contributed by atoms with Crippen molar-refractivity contribution in [3.05, 3.63) is 6.20 Å². The highest BCUT2D eigenvalue weighted by Gasteiger charge is 2.18. The smallest absolute Gasteiger partial charge is 0.244 e. The van der Waals surface area contributed by atoms with E-state index in [9.17, 15) is 0 Å². The third-order valence-corrected chi connectivity index (χ3v) is 4.34. The van der Waals surface area contributed by atoms with Gasteiger partial charge in [0.05, 0.1) is 19.4 Å². The first-order valence-electron chi connectivity index (χ1n) is 8.30. The standard InChI is InChI=1S/C15H26N6O/c1-13-3-2-5-21(12-13)14-11-17-19-15(18-14)16-4-6-20-7-9-22-10-8-20/h11,13H,2-10,12H2,1H3,(H,16,18,19). The lowest BCUT2D eigenvalue weighted by Gasteiger charge is -2.31.